The molecule has 1 amide bonds. The standard InChI is InChI=1S/C23H23N5O3S/c29-18-13-17(22(31)25-14-5-2-1-3-6-14)20-19(21(18)30)26-23(32)28(20)16-9-7-15(8-10-16)27-12-4-11-24-27/h1-12,17-21,29-30H,13H2,(H,25,31)(H,26,32)/t17-,18-,19-,20-,21+/m1/s1. The number of carbonyl (C=O) groups excluding carboxylic acids is 1. The highest BCUT2D eigenvalue weighted by molar-refractivity contribution is 7.80. The van der Waals surface area contributed by atoms with E-state index in [-0.39, 0.29) is 12.3 Å². The number of aliphatic hydroxyl groups is 2. The molecule has 1 aliphatic heterocycles. The second kappa shape index (κ2) is 8.34. The molecule has 5 atom stereocenters. The molecule has 8 nitrogen and oxygen atoms in total. The molecule has 3 aromatic rings. The summed E-state index contributed by atoms with van der Waals surface area (Å²) in [5, 5.41) is 31.8. The highest BCUT2D eigenvalue weighted by Gasteiger charge is 2.53. The lowest BCUT2D eigenvalue weighted by molar-refractivity contribution is -0.126. The van der Waals surface area contributed by atoms with Crippen LogP contribution in [0.5, 0.6) is 0 Å². The van der Waals surface area contributed by atoms with Crippen LogP contribution in [0.15, 0.2) is 73.1 Å². The fourth-order valence-corrected chi connectivity index (χ4v) is 4.95. The highest BCUT2D eigenvalue weighted by Crippen LogP contribution is 2.37. The van der Waals surface area contributed by atoms with Crippen molar-refractivity contribution in [3.05, 3.63) is 73.1 Å². The van der Waals surface area contributed by atoms with Crippen LogP contribution in [0, 0.1) is 5.92 Å². The fraction of sp³-hybridized carbons (Fsp3) is 0.261. The molecule has 2 aliphatic rings. The van der Waals surface area contributed by atoms with Crippen molar-refractivity contribution in [3.63, 3.8) is 0 Å². The van der Waals surface area contributed by atoms with Gasteiger partial charge in [0.05, 0.1) is 29.8 Å². The number of carbonyl (C=O) groups is 1. The number of anilines is 2. The van der Waals surface area contributed by atoms with E-state index in [9.17, 15) is 15.0 Å². The van der Waals surface area contributed by atoms with Gasteiger partial charge in [-0.25, -0.2) is 4.68 Å². The first kappa shape index (κ1) is 20.6. The van der Waals surface area contributed by atoms with Crippen LogP contribution < -0.4 is 15.5 Å². The first-order valence-corrected chi connectivity index (χ1v) is 10.9. The van der Waals surface area contributed by atoms with Crippen LogP contribution in [0.1, 0.15) is 6.42 Å². The molecular weight excluding hydrogens is 426 g/mol. The summed E-state index contributed by atoms with van der Waals surface area (Å²) in [6.07, 6.45) is 1.64. The Bertz CT molecular complexity index is 1110. The van der Waals surface area contributed by atoms with Gasteiger partial charge in [0, 0.05) is 23.8 Å². The SMILES string of the molecule is O=C(Nc1ccccc1)[C@@H]1C[C@@H](O)[C@H](O)[C@@H]2NC(=S)N(c3ccc(-n4cccn4)cc3)[C@@H]21. The number of benzene rings is 2. The van der Waals surface area contributed by atoms with Crippen LogP contribution in [0.4, 0.5) is 11.4 Å². The Morgan fingerprint density at radius 3 is 2.47 bits per heavy atom. The van der Waals surface area contributed by atoms with E-state index in [0.717, 1.165) is 11.4 Å². The minimum Gasteiger partial charge on any atom is -0.390 e. The summed E-state index contributed by atoms with van der Waals surface area (Å²) in [6, 6.07) is 17.7. The summed E-state index contributed by atoms with van der Waals surface area (Å²) in [6.45, 7) is 0. The maximum atomic E-state index is 13.2. The Hall–Kier alpha value is -3.27. The number of nitrogens with zero attached hydrogens (tertiary/aromatic N) is 3. The summed E-state index contributed by atoms with van der Waals surface area (Å²) >= 11 is 5.58. The maximum Gasteiger partial charge on any atom is 0.229 e. The molecular formula is C23H23N5O3S. The second-order valence-electron chi connectivity index (χ2n) is 8.06. The molecule has 9 heteroatoms. The molecule has 2 heterocycles. The number of thiocarbonyl (C=S) groups is 1. The van der Waals surface area contributed by atoms with Crippen LogP contribution in [-0.4, -0.2) is 55.3 Å². The summed E-state index contributed by atoms with van der Waals surface area (Å²) in [4.78, 5) is 15.1. The molecule has 0 radical (unpaired) electrons. The zero-order valence-electron chi connectivity index (χ0n) is 17.1. The zero-order valence-corrected chi connectivity index (χ0v) is 17.9. The van der Waals surface area contributed by atoms with Gasteiger partial charge in [-0.1, -0.05) is 18.2 Å². The lowest BCUT2D eigenvalue weighted by atomic mass is 9.77. The number of fused-ring (bicyclic) bond motifs is 1. The number of rotatable bonds is 4. The van der Waals surface area contributed by atoms with Crippen molar-refractivity contribution in [2.24, 2.45) is 5.92 Å². The van der Waals surface area contributed by atoms with Crippen LogP contribution in [0.25, 0.3) is 5.69 Å². The third-order valence-corrected chi connectivity index (χ3v) is 6.43. The van der Waals surface area contributed by atoms with E-state index in [1.165, 1.54) is 0 Å². The Kier molecular flexibility index (Phi) is 5.38. The Labute approximate surface area is 190 Å². The van der Waals surface area contributed by atoms with Gasteiger partial charge in [-0.2, -0.15) is 5.10 Å². The molecule has 5 rings (SSSR count). The molecule has 4 N–H and O–H groups in total. The molecule has 1 aromatic heterocycles. The Morgan fingerprint density at radius 1 is 1.06 bits per heavy atom. The number of para-hydroxylation sites is 1. The van der Waals surface area contributed by atoms with E-state index in [4.69, 9.17) is 12.2 Å². The average Bonchev–Trinajstić information content (AvgIpc) is 3.45. The van der Waals surface area contributed by atoms with Crippen LogP contribution >= 0.6 is 12.2 Å². The van der Waals surface area contributed by atoms with Crippen LogP contribution in [-0.2, 0) is 4.79 Å². The summed E-state index contributed by atoms with van der Waals surface area (Å²) in [5.41, 5.74) is 2.37. The van der Waals surface area contributed by atoms with Gasteiger partial charge in [0.15, 0.2) is 5.11 Å². The van der Waals surface area contributed by atoms with Gasteiger partial charge in [0.1, 0.15) is 6.10 Å². The van der Waals surface area contributed by atoms with Crippen molar-refractivity contribution in [2.45, 2.75) is 30.7 Å². The second-order valence-corrected chi connectivity index (χ2v) is 8.45. The predicted octanol–water partition coefficient (Wildman–Crippen LogP) is 1.68. The van der Waals surface area contributed by atoms with E-state index in [0.29, 0.717) is 10.8 Å². The summed E-state index contributed by atoms with van der Waals surface area (Å²) in [7, 11) is 0. The topological polar surface area (TPSA) is 103 Å². The molecule has 164 valence electrons. The van der Waals surface area contributed by atoms with Gasteiger partial charge >= 0.3 is 0 Å². The summed E-state index contributed by atoms with van der Waals surface area (Å²) < 4.78 is 1.75. The van der Waals surface area contributed by atoms with Crippen molar-refractivity contribution >= 4 is 34.6 Å². The van der Waals surface area contributed by atoms with Gasteiger partial charge in [-0.3, -0.25) is 4.79 Å². The molecule has 2 fully saturated rings. The predicted molar refractivity (Wildman–Crippen MR) is 125 cm³/mol. The quantitative estimate of drug-likeness (QED) is 0.450. The molecule has 32 heavy (non-hydrogen) atoms. The monoisotopic (exact) mass is 449 g/mol. The van der Waals surface area contributed by atoms with Gasteiger partial charge < -0.3 is 25.7 Å². The maximum absolute atomic E-state index is 13.2. The van der Waals surface area contributed by atoms with E-state index in [1.807, 2.05) is 71.8 Å². The highest BCUT2D eigenvalue weighted by atomic mass is 32.1. The van der Waals surface area contributed by atoms with E-state index in [2.05, 4.69) is 15.7 Å². The van der Waals surface area contributed by atoms with E-state index >= 15 is 0 Å². The number of nitrogens with one attached hydrogen (secondary N) is 2. The van der Waals surface area contributed by atoms with Gasteiger partial charge in [0.25, 0.3) is 0 Å². The third-order valence-electron chi connectivity index (χ3n) is 6.12. The normalized spacial score (nSPS) is 27.0. The van der Waals surface area contributed by atoms with Gasteiger partial charge in [0.2, 0.25) is 5.91 Å². The average molecular weight is 450 g/mol. The number of aliphatic hydroxyl groups excluding tert-OH is 2. The number of amides is 1. The van der Waals surface area contributed by atoms with Crippen molar-refractivity contribution in [2.75, 3.05) is 10.2 Å². The Balaban J connectivity index is 1.46. The lowest BCUT2D eigenvalue weighted by Gasteiger charge is -2.41. The van der Waals surface area contributed by atoms with Crippen molar-refractivity contribution in [1.82, 2.24) is 15.1 Å². The number of aromatic nitrogens is 2. The van der Waals surface area contributed by atoms with E-state index in [1.54, 1.807) is 10.9 Å². The first-order chi connectivity index (χ1) is 15.5. The van der Waals surface area contributed by atoms with Crippen molar-refractivity contribution in [1.29, 1.82) is 0 Å². The molecule has 1 saturated heterocycles. The number of hydrogen-bond donors (Lipinski definition) is 4. The van der Waals surface area contributed by atoms with Crippen molar-refractivity contribution < 1.29 is 15.0 Å². The first-order valence-electron chi connectivity index (χ1n) is 10.4. The molecule has 1 aliphatic carbocycles. The molecule has 0 unspecified atom stereocenters. The summed E-state index contributed by atoms with van der Waals surface area (Å²) in [5.74, 6) is -0.806. The Morgan fingerprint density at radius 2 is 1.78 bits per heavy atom. The molecule has 1 saturated carbocycles. The minimum atomic E-state index is -1.04. The smallest absolute Gasteiger partial charge is 0.229 e. The molecule has 0 bridgehead atoms. The van der Waals surface area contributed by atoms with Crippen LogP contribution in [0.2, 0.25) is 0 Å². The minimum absolute atomic E-state index is 0.132. The molecule has 0 spiro atoms. The number of hydrogen-bond acceptors (Lipinski definition) is 5. The van der Waals surface area contributed by atoms with E-state index < -0.39 is 30.2 Å². The van der Waals surface area contributed by atoms with Gasteiger partial charge in [-0.15, -0.1) is 0 Å². The van der Waals surface area contributed by atoms with Gasteiger partial charge in [-0.05, 0) is 61.1 Å². The fourth-order valence-electron chi connectivity index (χ4n) is 4.58. The lowest BCUT2D eigenvalue weighted by Crippen LogP contribution is -2.60. The third kappa shape index (κ3) is 3.64. The molecule has 2 aromatic carbocycles. The largest absolute Gasteiger partial charge is 0.390 e. The van der Waals surface area contributed by atoms with Crippen molar-refractivity contribution in [3.8, 4) is 5.69 Å². The zero-order chi connectivity index (χ0) is 22.2. The van der Waals surface area contributed by atoms with Crippen LogP contribution in [0.3, 0.4) is 0 Å².